The monoisotopic (exact) mass is 311 g/mol. The van der Waals surface area contributed by atoms with Gasteiger partial charge in [0.1, 0.15) is 11.9 Å². The average Bonchev–Trinajstić information content (AvgIpc) is 3.00. The summed E-state index contributed by atoms with van der Waals surface area (Å²) in [6.07, 6.45) is 3.69. The Kier molecular flexibility index (Phi) is 3.59. The van der Waals surface area contributed by atoms with E-state index in [4.69, 9.17) is 9.47 Å². The van der Waals surface area contributed by atoms with Gasteiger partial charge in [-0.05, 0) is 30.3 Å². The van der Waals surface area contributed by atoms with Gasteiger partial charge in [0.2, 0.25) is 5.88 Å². The molecule has 0 saturated carbocycles. The molecule has 6 nitrogen and oxygen atoms in total. The smallest absolute Gasteiger partial charge is 0.232 e. The van der Waals surface area contributed by atoms with Crippen LogP contribution in [0.25, 0.3) is 16.9 Å². The van der Waals surface area contributed by atoms with Crippen molar-refractivity contribution in [3.8, 4) is 22.9 Å². The lowest BCUT2D eigenvalue weighted by Gasteiger charge is -2.22. The average molecular weight is 311 g/mol. The van der Waals surface area contributed by atoms with Gasteiger partial charge in [0, 0.05) is 24.5 Å². The van der Waals surface area contributed by atoms with E-state index in [0.29, 0.717) is 5.88 Å². The first kappa shape index (κ1) is 14.0. The van der Waals surface area contributed by atoms with Gasteiger partial charge in [-0.2, -0.15) is 0 Å². The van der Waals surface area contributed by atoms with E-state index in [2.05, 4.69) is 10.1 Å². The Labute approximate surface area is 133 Å². The molecule has 0 spiro atoms. The van der Waals surface area contributed by atoms with E-state index >= 15 is 0 Å². The molecule has 1 fully saturated rings. The molecule has 1 aliphatic rings. The number of hydrogen-bond donors (Lipinski definition) is 1. The molecule has 1 aliphatic heterocycles. The third-order valence-corrected chi connectivity index (χ3v) is 3.96. The SMILES string of the molecule is Oc1ccc(-c2cnc3ccc(OC4CCOCC4)nn23)cc1. The number of imidazole rings is 1. The van der Waals surface area contributed by atoms with E-state index in [1.54, 1.807) is 22.8 Å². The maximum atomic E-state index is 9.43. The van der Waals surface area contributed by atoms with Crippen LogP contribution in [0.1, 0.15) is 12.8 Å². The second-order valence-electron chi connectivity index (χ2n) is 5.56. The van der Waals surface area contributed by atoms with Gasteiger partial charge in [-0.15, -0.1) is 5.10 Å². The molecule has 4 rings (SSSR count). The van der Waals surface area contributed by atoms with Crippen molar-refractivity contribution < 1.29 is 14.6 Å². The number of nitrogens with zero attached hydrogens (tertiary/aromatic N) is 3. The van der Waals surface area contributed by atoms with Crippen molar-refractivity contribution >= 4 is 5.65 Å². The zero-order chi connectivity index (χ0) is 15.6. The molecule has 6 heteroatoms. The summed E-state index contributed by atoms with van der Waals surface area (Å²) >= 11 is 0. The number of aromatic nitrogens is 3. The van der Waals surface area contributed by atoms with Crippen molar-refractivity contribution in [2.24, 2.45) is 0 Å². The summed E-state index contributed by atoms with van der Waals surface area (Å²) in [4.78, 5) is 4.37. The number of aromatic hydroxyl groups is 1. The Morgan fingerprint density at radius 2 is 1.87 bits per heavy atom. The summed E-state index contributed by atoms with van der Waals surface area (Å²) in [6.45, 7) is 1.47. The highest BCUT2D eigenvalue weighted by Crippen LogP contribution is 2.24. The molecule has 3 aromatic rings. The first-order valence-corrected chi connectivity index (χ1v) is 7.68. The lowest BCUT2D eigenvalue weighted by atomic mass is 10.1. The van der Waals surface area contributed by atoms with Crippen molar-refractivity contribution in [2.45, 2.75) is 18.9 Å². The van der Waals surface area contributed by atoms with Crippen molar-refractivity contribution in [1.29, 1.82) is 0 Å². The molecule has 0 radical (unpaired) electrons. The van der Waals surface area contributed by atoms with E-state index < -0.39 is 0 Å². The van der Waals surface area contributed by atoms with Gasteiger partial charge in [0.15, 0.2) is 5.65 Å². The maximum absolute atomic E-state index is 9.43. The Balaban J connectivity index is 1.66. The van der Waals surface area contributed by atoms with Crippen LogP contribution in [0.3, 0.4) is 0 Å². The molecular weight excluding hydrogens is 294 g/mol. The van der Waals surface area contributed by atoms with Crippen LogP contribution in [0.5, 0.6) is 11.6 Å². The van der Waals surface area contributed by atoms with Crippen molar-refractivity contribution in [1.82, 2.24) is 14.6 Å². The molecule has 1 saturated heterocycles. The molecular formula is C17H17N3O3. The minimum Gasteiger partial charge on any atom is -0.508 e. The zero-order valence-electron chi connectivity index (χ0n) is 12.6. The van der Waals surface area contributed by atoms with Crippen LogP contribution < -0.4 is 4.74 Å². The lowest BCUT2D eigenvalue weighted by molar-refractivity contribution is 0.0232. The Morgan fingerprint density at radius 1 is 1.09 bits per heavy atom. The standard InChI is InChI=1S/C17H17N3O3/c21-13-3-1-12(2-4-13)15-11-18-16-5-6-17(19-20(15)16)23-14-7-9-22-10-8-14/h1-6,11,14,21H,7-10H2. The van der Waals surface area contributed by atoms with Gasteiger partial charge in [-0.25, -0.2) is 9.50 Å². The highest BCUT2D eigenvalue weighted by molar-refractivity contribution is 5.63. The first-order chi connectivity index (χ1) is 11.3. The predicted molar refractivity (Wildman–Crippen MR) is 84.6 cm³/mol. The van der Waals surface area contributed by atoms with Crippen LogP contribution in [0.4, 0.5) is 0 Å². The van der Waals surface area contributed by atoms with Crippen LogP contribution in [-0.4, -0.2) is 39.0 Å². The van der Waals surface area contributed by atoms with Crippen LogP contribution in [0.15, 0.2) is 42.6 Å². The van der Waals surface area contributed by atoms with Crippen LogP contribution >= 0.6 is 0 Å². The Bertz CT molecular complexity index is 808. The van der Waals surface area contributed by atoms with Gasteiger partial charge in [-0.1, -0.05) is 0 Å². The first-order valence-electron chi connectivity index (χ1n) is 7.68. The second kappa shape index (κ2) is 5.89. The number of phenols is 1. The molecule has 0 aliphatic carbocycles. The lowest BCUT2D eigenvalue weighted by Crippen LogP contribution is -2.26. The highest BCUT2D eigenvalue weighted by atomic mass is 16.5. The molecule has 23 heavy (non-hydrogen) atoms. The third-order valence-electron chi connectivity index (χ3n) is 3.96. The van der Waals surface area contributed by atoms with Gasteiger partial charge >= 0.3 is 0 Å². The van der Waals surface area contributed by atoms with Crippen molar-refractivity contribution in [3.63, 3.8) is 0 Å². The number of ether oxygens (including phenoxy) is 2. The van der Waals surface area contributed by atoms with Crippen LogP contribution in [0.2, 0.25) is 0 Å². The van der Waals surface area contributed by atoms with Crippen LogP contribution in [0, 0.1) is 0 Å². The van der Waals surface area contributed by atoms with Crippen LogP contribution in [-0.2, 0) is 4.74 Å². The molecule has 0 amide bonds. The Hall–Kier alpha value is -2.60. The summed E-state index contributed by atoms with van der Waals surface area (Å²) in [5.74, 6) is 0.821. The summed E-state index contributed by atoms with van der Waals surface area (Å²) in [5.41, 5.74) is 2.55. The fourth-order valence-corrected chi connectivity index (χ4v) is 2.71. The fourth-order valence-electron chi connectivity index (χ4n) is 2.71. The normalized spacial score (nSPS) is 15.8. The summed E-state index contributed by atoms with van der Waals surface area (Å²) < 4.78 is 13.1. The van der Waals surface area contributed by atoms with Crippen molar-refractivity contribution in [2.75, 3.05) is 13.2 Å². The highest BCUT2D eigenvalue weighted by Gasteiger charge is 2.16. The van der Waals surface area contributed by atoms with Crippen molar-refractivity contribution in [3.05, 3.63) is 42.6 Å². The molecule has 2 aromatic heterocycles. The number of hydrogen-bond acceptors (Lipinski definition) is 5. The van der Waals surface area contributed by atoms with Gasteiger partial charge in [0.25, 0.3) is 0 Å². The van der Waals surface area contributed by atoms with E-state index in [0.717, 1.165) is 43.0 Å². The summed E-state index contributed by atoms with van der Waals surface area (Å²) in [7, 11) is 0. The Morgan fingerprint density at radius 3 is 2.65 bits per heavy atom. The van der Waals surface area contributed by atoms with E-state index in [9.17, 15) is 5.11 Å². The fraction of sp³-hybridized carbons (Fsp3) is 0.294. The van der Waals surface area contributed by atoms with E-state index in [1.165, 1.54) is 0 Å². The molecule has 1 aromatic carbocycles. The topological polar surface area (TPSA) is 68.9 Å². The molecule has 3 heterocycles. The maximum Gasteiger partial charge on any atom is 0.232 e. The third kappa shape index (κ3) is 2.85. The van der Waals surface area contributed by atoms with E-state index in [1.807, 2.05) is 24.3 Å². The quantitative estimate of drug-likeness (QED) is 0.805. The summed E-state index contributed by atoms with van der Waals surface area (Å²) in [5, 5.41) is 14.0. The van der Waals surface area contributed by atoms with Gasteiger partial charge in [0.05, 0.1) is 25.1 Å². The summed E-state index contributed by atoms with van der Waals surface area (Å²) in [6, 6.07) is 10.7. The largest absolute Gasteiger partial charge is 0.508 e. The van der Waals surface area contributed by atoms with Gasteiger partial charge in [-0.3, -0.25) is 0 Å². The predicted octanol–water partition coefficient (Wildman–Crippen LogP) is 2.66. The molecule has 0 unspecified atom stereocenters. The minimum atomic E-state index is 0.148. The number of fused-ring (bicyclic) bond motifs is 1. The minimum absolute atomic E-state index is 0.148. The van der Waals surface area contributed by atoms with E-state index in [-0.39, 0.29) is 11.9 Å². The number of phenolic OH excluding ortho intramolecular Hbond substituents is 1. The second-order valence-corrected chi connectivity index (χ2v) is 5.56. The zero-order valence-corrected chi connectivity index (χ0v) is 12.6. The molecule has 0 atom stereocenters. The number of rotatable bonds is 3. The molecule has 118 valence electrons. The van der Waals surface area contributed by atoms with Gasteiger partial charge < -0.3 is 14.6 Å². The number of benzene rings is 1. The molecule has 0 bridgehead atoms. The molecule has 1 N–H and O–H groups in total.